The van der Waals surface area contributed by atoms with Crippen molar-refractivity contribution in [3.05, 3.63) is 21.9 Å². The quantitative estimate of drug-likeness (QED) is 0.782. The number of rotatable bonds is 2. The van der Waals surface area contributed by atoms with E-state index in [-0.39, 0.29) is 17.4 Å². The molecule has 2 atom stereocenters. The highest BCUT2D eigenvalue weighted by Gasteiger charge is 2.36. The van der Waals surface area contributed by atoms with Gasteiger partial charge in [0.2, 0.25) is 0 Å². The van der Waals surface area contributed by atoms with Crippen LogP contribution in [0.3, 0.4) is 0 Å². The average molecular weight is 382 g/mol. The predicted octanol–water partition coefficient (Wildman–Crippen LogP) is 3.84. The van der Waals surface area contributed by atoms with Gasteiger partial charge in [-0.15, -0.1) is 11.3 Å². The minimum absolute atomic E-state index is 0.197. The lowest BCUT2D eigenvalue weighted by Gasteiger charge is -2.44. The largest absolute Gasteiger partial charge is 0.335 e. The number of carbonyl (C=O) groups is 1. The van der Waals surface area contributed by atoms with Gasteiger partial charge >= 0.3 is 0 Å². The number of fused-ring (bicyclic) bond motifs is 1. The zero-order valence-corrected chi connectivity index (χ0v) is 16.3. The minimum Gasteiger partial charge on any atom is -0.335 e. The fourth-order valence-electron chi connectivity index (χ4n) is 4.90. The van der Waals surface area contributed by atoms with Gasteiger partial charge in [-0.1, -0.05) is 12.8 Å². The highest BCUT2D eigenvalue weighted by atomic mass is 32.2. The van der Waals surface area contributed by atoms with E-state index in [0.717, 1.165) is 24.9 Å². The number of carbonyl (C=O) groups excluding carboxylic acids is 1. The van der Waals surface area contributed by atoms with E-state index in [9.17, 15) is 13.2 Å². The van der Waals surface area contributed by atoms with E-state index in [1.165, 1.54) is 30.6 Å². The summed E-state index contributed by atoms with van der Waals surface area (Å²) in [4.78, 5) is 16.4. The van der Waals surface area contributed by atoms with Crippen LogP contribution in [0.2, 0.25) is 0 Å². The van der Waals surface area contributed by atoms with E-state index in [1.54, 1.807) is 11.3 Å². The third-order valence-electron chi connectivity index (χ3n) is 6.33. The van der Waals surface area contributed by atoms with Gasteiger partial charge in [-0.25, -0.2) is 8.42 Å². The van der Waals surface area contributed by atoms with Crippen LogP contribution < -0.4 is 0 Å². The van der Waals surface area contributed by atoms with Gasteiger partial charge in [-0.2, -0.15) is 0 Å². The molecule has 1 amide bonds. The first-order chi connectivity index (χ1) is 12.0. The van der Waals surface area contributed by atoms with Crippen LogP contribution >= 0.6 is 11.3 Å². The molecule has 1 aromatic rings. The number of hydrogen-bond donors (Lipinski definition) is 0. The van der Waals surface area contributed by atoms with Crippen LogP contribution in [-0.4, -0.2) is 43.3 Å². The molecule has 1 aliphatic carbocycles. The summed E-state index contributed by atoms with van der Waals surface area (Å²) in [5.41, 5.74) is 0.819. The summed E-state index contributed by atoms with van der Waals surface area (Å²) in [6.07, 6.45) is 8.81. The topological polar surface area (TPSA) is 54.5 Å². The van der Waals surface area contributed by atoms with Crippen LogP contribution in [0, 0.1) is 5.92 Å². The van der Waals surface area contributed by atoms with Crippen LogP contribution in [0.4, 0.5) is 0 Å². The molecule has 0 bridgehead atoms. The van der Waals surface area contributed by atoms with Crippen molar-refractivity contribution in [2.75, 3.05) is 18.1 Å². The maximum Gasteiger partial charge on any atom is 0.254 e. The zero-order chi connectivity index (χ0) is 17.4. The Bertz CT molecular complexity index is 724. The van der Waals surface area contributed by atoms with E-state index in [4.69, 9.17) is 0 Å². The molecular formula is C19H27NO3S2. The third kappa shape index (κ3) is 3.65. The zero-order valence-electron chi connectivity index (χ0n) is 14.7. The molecule has 2 unspecified atom stereocenters. The molecule has 1 aromatic heterocycles. The Morgan fingerprint density at radius 2 is 1.76 bits per heavy atom. The Hall–Kier alpha value is -0.880. The molecule has 0 spiro atoms. The molecule has 0 aromatic carbocycles. The van der Waals surface area contributed by atoms with Crippen LogP contribution in [-0.2, 0) is 9.84 Å². The van der Waals surface area contributed by atoms with Gasteiger partial charge in [-0.3, -0.25) is 4.79 Å². The third-order valence-corrected chi connectivity index (χ3v) is 9.14. The summed E-state index contributed by atoms with van der Waals surface area (Å²) < 4.78 is 23.2. The van der Waals surface area contributed by atoms with Gasteiger partial charge in [0.25, 0.3) is 5.91 Å². The Morgan fingerprint density at radius 1 is 1.04 bits per heavy atom. The molecule has 0 radical (unpaired) electrons. The Balaban J connectivity index is 1.47. The second-order valence-electron chi connectivity index (χ2n) is 7.92. The molecule has 3 heterocycles. The summed E-state index contributed by atoms with van der Waals surface area (Å²) in [5, 5.41) is 1.99. The van der Waals surface area contributed by atoms with E-state index in [0.29, 0.717) is 30.7 Å². The first-order valence-corrected chi connectivity index (χ1v) is 12.3. The van der Waals surface area contributed by atoms with Crippen molar-refractivity contribution in [1.82, 2.24) is 4.90 Å². The fourth-order valence-corrected chi connectivity index (χ4v) is 7.44. The average Bonchev–Trinajstić information content (AvgIpc) is 3.10. The maximum absolute atomic E-state index is 13.1. The maximum atomic E-state index is 13.1. The van der Waals surface area contributed by atoms with Gasteiger partial charge in [0, 0.05) is 22.8 Å². The molecule has 4 rings (SSSR count). The second-order valence-corrected chi connectivity index (χ2v) is 11.2. The SMILES string of the molecule is O=C(c1csc(C2CCS(=O)(=O)CC2)c1)N1CCCC2CCCCC21. The summed E-state index contributed by atoms with van der Waals surface area (Å²) in [7, 11) is -2.83. The number of sulfone groups is 1. The molecule has 2 saturated heterocycles. The monoisotopic (exact) mass is 381 g/mol. The molecular weight excluding hydrogens is 354 g/mol. The Morgan fingerprint density at radius 3 is 2.56 bits per heavy atom. The minimum atomic E-state index is -2.83. The highest BCUT2D eigenvalue weighted by molar-refractivity contribution is 7.91. The first-order valence-electron chi connectivity index (χ1n) is 9.63. The fraction of sp³-hybridized carbons (Fsp3) is 0.737. The Kier molecular flexibility index (Phi) is 4.93. The lowest BCUT2D eigenvalue weighted by atomic mass is 9.78. The van der Waals surface area contributed by atoms with Gasteiger partial charge in [-0.05, 0) is 56.4 Å². The number of likely N-dealkylation sites (tertiary alicyclic amines) is 1. The number of amides is 1. The van der Waals surface area contributed by atoms with Crippen molar-refractivity contribution in [2.24, 2.45) is 5.92 Å². The molecule has 25 heavy (non-hydrogen) atoms. The molecule has 4 nitrogen and oxygen atoms in total. The lowest BCUT2D eigenvalue weighted by molar-refractivity contribution is 0.0391. The van der Waals surface area contributed by atoms with Crippen LogP contribution in [0.15, 0.2) is 11.4 Å². The van der Waals surface area contributed by atoms with E-state index in [1.807, 2.05) is 11.4 Å². The number of hydrogen-bond acceptors (Lipinski definition) is 4. The van der Waals surface area contributed by atoms with Crippen molar-refractivity contribution in [1.29, 1.82) is 0 Å². The first kappa shape index (κ1) is 17.5. The normalized spacial score (nSPS) is 30.0. The molecule has 6 heteroatoms. The van der Waals surface area contributed by atoms with Crippen LogP contribution in [0.1, 0.15) is 72.5 Å². The van der Waals surface area contributed by atoms with Crippen molar-refractivity contribution >= 4 is 27.1 Å². The highest BCUT2D eigenvalue weighted by Crippen LogP contribution is 2.37. The van der Waals surface area contributed by atoms with Crippen LogP contribution in [0.25, 0.3) is 0 Å². The lowest BCUT2D eigenvalue weighted by Crippen LogP contribution is -2.49. The van der Waals surface area contributed by atoms with Crippen molar-refractivity contribution in [3.8, 4) is 0 Å². The summed E-state index contributed by atoms with van der Waals surface area (Å²) in [5.74, 6) is 1.78. The van der Waals surface area contributed by atoms with Crippen molar-refractivity contribution in [3.63, 3.8) is 0 Å². The number of thiophene rings is 1. The molecule has 3 aliphatic rings. The van der Waals surface area contributed by atoms with Gasteiger partial charge < -0.3 is 4.90 Å². The number of nitrogens with zero attached hydrogens (tertiary/aromatic N) is 1. The standard InChI is InChI=1S/C19H27NO3S2/c21-19(20-9-3-5-14-4-1-2-6-17(14)20)16-12-18(24-13-16)15-7-10-25(22,23)11-8-15/h12-15,17H,1-11H2. The van der Waals surface area contributed by atoms with E-state index < -0.39 is 9.84 Å². The predicted molar refractivity (Wildman–Crippen MR) is 101 cm³/mol. The van der Waals surface area contributed by atoms with Crippen molar-refractivity contribution < 1.29 is 13.2 Å². The molecule has 3 fully saturated rings. The van der Waals surface area contributed by atoms with Gasteiger partial charge in [0.05, 0.1) is 17.1 Å². The van der Waals surface area contributed by atoms with E-state index in [2.05, 4.69) is 4.90 Å². The summed E-state index contributed by atoms with van der Waals surface area (Å²) >= 11 is 1.64. The number of piperidine rings is 1. The molecule has 0 N–H and O–H groups in total. The molecule has 138 valence electrons. The molecule has 1 saturated carbocycles. The smallest absolute Gasteiger partial charge is 0.254 e. The summed E-state index contributed by atoms with van der Waals surface area (Å²) in [6, 6.07) is 2.49. The van der Waals surface area contributed by atoms with E-state index >= 15 is 0 Å². The Labute approximate surface area is 154 Å². The van der Waals surface area contributed by atoms with Gasteiger partial charge in [0.15, 0.2) is 0 Å². The van der Waals surface area contributed by atoms with Crippen LogP contribution in [0.5, 0.6) is 0 Å². The van der Waals surface area contributed by atoms with Gasteiger partial charge in [0.1, 0.15) is 9.84 Å². The molecule has 2 aliphatic heterocycles. The second kappa shape index (κ2) is 7.03. The van der Waals surface area contributed by atoms with Crippen molar-refractivity contribution in [2.45, 2.75) is 63.3 Å². The summed E-state index contributed by atoms with van der Waals surface area (Å²) in [6.45, 7) is 0.896.